The number of benzene rings is 2. The van der Waals surface area contributed by atoms with Crippen molar-refractivity contribution in [3.05, 3.63) is 82.0 Å². The van der Waals surface area contributed by atoms with Gasteiger partial charge in [-0.25, -0.2) is 4.68 Å². The van der Waals surface area contributed by atoms with Gasteiger partial charge in [0.1, 0.15) is 17.5 Å². The lowest BCUT2D eigenvalue weighted by Crippen LogP contribution is -2.07. The van der Waals surface area contributed by atoms with Gasteiger partial charge < -0.3 is 5.73 Å². The van der Waals surface area contributed by atoms with Crippen LogP contribution in [0, 0.1) is 25.2 Å². The maximum Gasteiger partial charge on any atom is 0.140 e. The van der Waals surface area contributed by atoms with Crippen molar-refractivity contribution in [2.45, 2.75) is 26.8 Å². The van der Waals surface area contributed by atoms with Crippen LogP contribution in [-0.4, -0.2) is 9.78 Å². The van der Waals surface area contributed by atoms with Crippen molar-refractivity contribution in [2.24, 2.45) is 0 Å². The summed E-state index contributed by atoms with van der Waals surface area (Å²) >= 11 is 0. The number of nitriles is 1. The average Bonchev–Trinajstić information content (AvgIpc) is 2.84. The second-order valence-corrected chi connectivity index (χ2v) is 6.07. The van der Waals surface area contributed by atoms with Crippen LogP contribution in [0.2, 0.25) is 0 Å². The molecule has 0 radical (unpaired) electrons. The smallest absolute Gasteiger partial charge is 0.140 e. The highest BCUT2D eigenvalue weighted by atomic mass is 15.3. The van der Waals surface area contributed by atoms with Crippen molar-refractivity contribution in [1.29, 1.82) is 5.26 Å². The Morgan fingerprint density at radius 2 is 1.92 bits per heavy atom. The number of anilines is 1. The number of nitrogens with two attached hydrogens (primary N) is 1. The summed E-state index contributed by atoms with van der Waals surface area (Å²) in [4.78, 5) is 0. The summed E-state index contributed by atoms with van der Waals surface area (Å²) in [5, 5.41) is 14.1. The molecule has 120 valence electrons. The van der Waals surface area contributed by atoms with Crippen LogP contribution in [0.1, 0.15) is 33.5 Å². The first-order chi connectivity index (χ1) is 11.6. The molecule has 3 aromatic rings. The van der Waals surface area contributed by atoms with Crippen LogP contribution in [-0.2, 0) is 13.0 Å². The highest BCUT2D eigenvalue weighted by Crippen LogP contribution is 2.21. The molecule has 0 unspecified atom stereocenters. The highest BCUT2D eigenvalue weighted by Gasteiger charge is 2.16. The minimum absolute atomic E-state index is 0.434. The van der Waals surface area contributed by atoms with Gasteiger partial charge in [-0.2, -0.15) is 10.4 Å². The molecule has 0 atom stereocenters. The summed E-state index contributed by atoms with van der Waals surface area (Å²) in [5.74, 6) is 0.434. The van der Waals surface area contributed by atoms with Gasteiger partial charge in [0.05, 0.1) is 12.2 Å². The van der Waals surface area contributed by atoms with E-state index in [2.05, 4.69) is 49.3 Å². The zero-order valence-corrected chi connectivity index (χ0v) is 14.0. The predicted octanol–water partition coefficient (Wildman–Crippen LogP) is 3.59. The molecule has 1 aromatic heterocycles. The maximum absolute atomic E-state index is 9.48. The van der Waals surface area contributed by atoms with Gasteiger partial charge >= 0.3 is 0 Å². The third kappa shape index (κ3) is 3.16. The molecule has 0 aliphatic rings. The largest absolute Gasteiger partial charge is 0.383 e. The SMILES string of the molecule is Cc1cccc(Cc2nn(Cc3ccccc3C)c(N)c2C#N)c1. The minimum Gasteiger partial charge on any atom is -0.383 e. The van der Waals surface area contributed by atoms with E-state index >= 15 is 0 Å². The number of aromatic nitrogens is 2. The molecular formula is C20H20N4. The summed E-state index contributed by atoms with van der Waals surface area (Å²) in [7, 11) is 0. The lowest BCUT2D eigenvalue weighted by atomic mass is 10.1. The van der Waals surface area contributed by atoms with E-state index in [-0.39, 0.29) is 0 Å². The molecule has 2 aromatic carbocycles. The van der Waals surface area contributed by atoms with Crippen LogP contribution in [0.4, 0.5) is 5.82 Å². The quantitative estimate of drug-likeness (QED) is 0.799. The fourth-order valence-electron chi connectivity index (χ4n) is 2.86. The molecule has 0 aliphatic heterocycles. The topological polar surface area (TPSA) is 67.6 Å². The first-order valence-corrected chi connectivity index (χ1v) is 7.94. The van der Waals surface area contributed by atoms with Crippen LogP contribution in [0.25, 0.3) is 0 Å². The van der Waals surface area contributed by atoms with Crippen molar-refractivity contribution in [3.63, 3.8) is 0 Å². The van der Waals surface area contributed by atoms with E-state index in [1.54, 1.807) is 4.68 Å². The Bertz CT molecular complexity index is 916. The third-order valence-electron chi connectivity index (χ3n) is 4.21. The van der Waals surface area contributed by atoms with E-state index in [1.807, 2.05) is 24.3 Å². The lowest BCUT2D eigenvalue weighted by molar-refractivity contribution is 0.682. The summed E-state index contributed by atoms with van der Waals surface area (Å²) in [5.41, 5.74) is 12.0. The normalized spacial score (nSPS) is 10.5. The number of aryl methyl sites for hydroxylation is 2. The fraction of sp³-hybridized carbons (Fsp3) is 0.200. The Labute approximate surface area is 142 Å². The molecule has 24 heavy (non-hydrogen) atoms. The Kier molecular flexibility index (Phi) is 4.35. The van der Waals surface area contributed by atoms with Crippen molar-refractivity contribution >= 4 is 5.82 Å². The molecule has 3 rings (SSSR count). The molecule has 0 amide bonds. The van der Waals surface area contributed by atoms with Gasteiger partial charge in [0.15, 0.2) is 0 Å². The van der Waals surface area contributed by atoms with Gasteiger partial charge in [-0.1, -0.05) is 54.1 Å². The second kappa shape index (κ2) is 6.59. The summed E-state index contributed by atoms with van der Waals surface area (Å²) in [6.45, 7) is 4.69. The summed E-state index contributed by atoms with van der Waals surface area (Å²) < 4.78 is 1.73. The average molecular weight is 316 g/mol. The molecule has 0 saturated carbocycles. The van der Waals surface area contributed by atoms with Crippen LogP contribution in [0.3, 0.4) is 0 Å². The highest BCUT2D eigenvalue weighted by molar-refractivity contribution is 5.53. The van der Waals surface area contributed by atoms with Gasteiger partial charge in [-0.3, -0.25) is 0 Å². The van der Waals surface area contributed by atoms with Crippen molar-refractivity contribution in [3.8, 4) is 6.07 Å². The molecule has 1 heterocycles. The first-order valence-electron chi connectivity index (χ1n) is 7.94. The Morgan fingerprint density at radius 1 is 1.12 bits per heavy atom. The van der Waals surface area contributed by atoms with Gasteiger partial charge in [0.25, 0.3) is 0 Å². The van der Waals surface area contributed by atoms with Gasteiger partial charge in [-0.05, 0) is 30.5 Å². The minimum atomic E-state index is 0.434. The zero-order chi connectivity index (χ0) is 17.1. The van der Waals surface area contributed by atoms with Crippen LogP contribution in [0.15, 0.2) is 48.5 Å². The van der Waals surface area contributed by atoms with Crippen LogP contribution < -0.4 is 5.73 Å². The fourth-order valence-corrected chi connectivity index (χ4v) is 2.86. The number of hydrogen-bond donors (Lipinski definition) is 1. The lowest BCUT2D eigenvalue weighted by Gasteiger charge is -2.07. The van der Waals surface area contributed by atoms with E-state index < -0.39 is 0 Å². The molecule has 4 nitrogen and oxygen atoms in total. The van der Waals surface area contributed by atoms with Crippen LogP contribution in [0.5, 0.6) is 0 Å². The molecule has 0 spiro atoms. The molecule has 0 fully saturated rings. The first kappa shape index (κ1) is 15.8. The molecule has 2 N–H and O–H groups in total. The van der Waals surface area contributed by atoms with Crippen molar-refractivity contribution in [1.82, 2.24) is 9.78 Å². The van der Waals surface area contributed by atoms with Crippen molar-refractivity contribution < 1.29 is 0 Å². The van der Waals surface area contributed by atoms with E-state index in [4.69, 9.17) is 5.73 Å². The maximum atomic E-state index is 9.48. The van der Waals surface area contributed by atoms with Gasteiger partial charge in [0, 0.05) is 6.42 Å². The molecule has 4 heteroatoms. The Hall–Kier alpha value is -3.06. The number of nitrogens with zero attached hydrogens (tertiary/aromatic N) is 3. The standard InChI is InChI=1S/C20H20N4/c1-14-6-5-8-16(10-14)11-19-18(12-21)20(22)24(23-19)13-17-9-4-3-7-15(17)2/h3-10H,11,13,22H2,1-2H3. The second-order valence-electron chi connectivity index (χ2n) is 6.07. The molecule has 0 saturated heterocycles. The predicted molar refractivity (Wildman–Crippen MR) is 95.6 cm³/mol. The Morgan fingerprint density at radius 3 is 2.62 bits per heavy atom. The Balaban J connectivity index is 1.94. The van der Waals surface area contributed by atoms with Gasteiger partial charge in [0.2, 0.25) is 0 Å². The number of nitrogen functional groups attached to an aromatic ring is 1. The van der Waals surface area contributed by atoms with E-state index in [9.17, 15) is 5.26 Å². The molecular weight excluding hydrogens is 296 g/mol. The summed E-state index contributed by atoms with van der Waals surface area (Å²) in [6, 6.07) is 18.6. The molecule has 0 aliphatic carbocycles. The monoisotopic (exact) mass is 316 g/mol. The summed E-state index contributed by atoms with van der Waals surface area (Å²) in [6.07, 6.45) is 0.607. The zero-order valence-electron chi connectivity index (χ0n) is 14.0. The van der Waals surface area contributed by atoms with Crippen LogP contribution >= 0.6 is 0 Å². The van der Waals surface area contributed by atoms with E-state index in [0.29, 0.717) is 24.3 Å². The van der Waals surface area contributed by atoms with Gasteiger partial charge in [-0.15, -0.1) is 0 Å². The molecule has 0 bridgehead atoms. The van der Waals surface area contributed by atoms with E-state index in [1.165, 1.54) is 11.1 Å². The number of rotatable bonds is 4. The van der Waals surface area contributed by atoms with E-state index in [0.717, 1.165) is 16.8 Å². The third-order valence-corrected chi connectivity index (χ3v) is 4.21. The number of hydrogen-bond acceptors (Lipinski definition) is 3. The van der Waals surface area contributed by atoms with Crippen molar-refractivity contribution in [2.75, 3.05) is 5.73 Å².